The van der Waals surface area contributed by atoms with Gasteiger partial charge in [0.15, 0.2) is 0 Å². The van der Waals surface area contributed by atoms with Crippen LogP contribution in [0.1, 0.15) is 31.9 Å². The molecule has 0 radical (unpaired) electrons. The van der Waals surface area contributed by atoms with E-state index in [-0.39, 0.29) is 0 Å². The Hall–Kier alpha value is -0.180. The lowest BCUT2D eigenvalue weighted by Crippen LogP contribution is -2.20. The quantitative estimate of drug-likeness (QED) is 0.822. The minimum absolute atomic E-state index is 0.340. The standard InChI is InChI=1S/C13H20ClNS/c1-4-10(2)16-9-13(15-3)11-7-5-6-8-12(11)14/h5-8,10,13,15H,4,9H2,1-3H3. The van der Waals surface area contributed by atoms with Gasteiger partial charge in [-0.05, 0) is 25.1 Å². The van der Waals surface area contributed by atoms with E-state index in [9.17, 15) is 0 Å². The molecule has 1 aromatic rings. The Morgan fingerprint density at radius 1 is 1.38 bits per heavy atom. The van der Waals surface area contributed by atoms with E-state index in [0.717, 1.165) is 10.8 Å². The molecule has 0 amide bonds. The smallest absolute Gasteiger partial charge is 0.0454 e. The molecule has 3 heteroatoms. The van der Waals surface area contributed by atoms with Crippen molar-refractivity contribution in [2.45, 2.75) is 31.6 Å². The van der Waals surface area contributed by atoms with Crippen molar-refractivity contribution in [3.8, 4) is 0 Å². The average molecular weight is 258 g/mol. The molecule has 1 rings (SSSR count). The van der Waals surface area contributed by atoms with Crippen LogP contribution in [0.15, 0.2) is 24.3 Å². The van der Waals surface area contributed by atoms with E-state index < -0.39 is 0 Å². The zero-order valence-electron chi connectivity index (χ0n) is 10.2. The van der Waals surface area contributed by atoms with Gasteiger partial charge in [-0.2, -0.15) is 11.8 Å². The number of nitrogens with one attached hydrogen (secondary N) is 1. The average Bonchev–Trinajstić information content (AvgIpc) is 2.31. The predicted octanol–water partition coefficient (Wildman–Crippen LogP) is 4.13. The van der Waals surface area contributed by atoms with Crippen LogP contribution >= 0.6 is 23.4 Å². The number of rotatable bonds is 6. The monoisotopic (exact) mass is 257 g/mol. The fraction of sp³-hybridized carbons (Fsp3) is 0.538. The van der Waals surface area contributed by atoms with Crippen LogP contribution in [0.25, 0.3) is 0 Å². The summed E-state index contributed by atoms with van der Waals surface area (Å²) in [6.45, 7) is 4.49. The first-order chi connectivity index (χ1) is 7.69. The van der Waals surface area contributed by atoms with Gasteiger partial charge in [0.25, 0.3) is 0 Å². The summed E-state index contributed by atoms with van der Waals surface area (Å²) >= 11 is 8.19. The van der Waals surface area contributed by atoms with E-state index in [2.05, 4.69) is 25.2 Å². The summed E-state index contributed by atoms with van der Waals surface area (Å²) in [4.78, 5) is 0. The van der Waals surface area contributed by atoms with Gasteiger partial charge >= 0.3 is 0 Å². The minimum atomic E-state index is 0.340. The third kappa shape index (κ3) is 4.00. The summed E-state index contributed by atoms with van der Waals surface area (Å²) in [6, 6.07) is 8.41. The van der Waals surface area contributed by atoms with Gasteiger partial charge in [-0.25, -0.2) is 0 Å². The van der Waals surface area contributed by atoms with E-state index in [4.69, 9.17) is 11.6 Å². The van der Waals surface area contributed by atoms with Crippen molar-refractivity contribution in [2.75, 3.05) is 12.8 Å². The maximum Gasteiger partial charge on any atom is 0.0454 e. The molecule has 0 aliphatic heterocycles. The van der Waals surface area contributed by atoms with Gasteiger partial charge in [-0.15, -0.1) is 0 Å². The zero-order valence-corrected chi connectivity index (χ0v) is 11.7. The van der Waals surface area contributed by atoms with Gasteiger partial charge in [0, 0.05) is 22.1 Å². The Morgan fingerprint density at radius 3 is 2.62 bits per heavy atom. The first-order valence-electron chi connectivity index (χ1n) is 5.72. The zero-order chi connectivity index (χ0) is 12.0. The second kappa shape index (κ2) is 7.21. The van der Waals surface area contributed by atoms with Crippen molar-refractivity contribution in [1.29, 1.82) is 0 Å². The molecule has 1 aromatic carbocycles. The van der Waals surface area contributed by atoms with Crippen LogP contribution in [0, 0.1) is 0 Å². The van der Waals surface area contributed by atoms with Crippen molar-refractivity contribution >= 4 is 23.4 Å². The van der Waals surface area contributed by atoms with Crippen LogP contribution < -0.4 is 5.32 Å². The maximum absolute atomic E-state index is 6.20. The molecule has 0 spiro atoms. The lowest BCUT2D eigenvalue weighted by molar-refractivity contribution is 0.660. The van der Waals surface area contributed by atoms with Gasteiger partial charge in [-0.1, -0.05) is 43.6 Å². The first kappa shape index (κ1) is 13.9. The molecule has 0 aliphatic carbocycles. The van der Waals surface area contributed by atoms with Crippen molar-refractivity contribution in [3.05, 3.63) is 34.9 Å². The summed E-state index contributed by atoms with van der Waals surface area (Å²) in [5.74, 6) is 1.06. The van der Waals surface area contributed by atoms with Gasteiger partial charge < -0.3 is 5.32 Å². The normalized spacial score (nSPS) is 14.8. The molecule has 0 fully saturated rings. The fourth-order valence-corrected chi connectivity index (χ4v) is 2.84. The molecule has 0 aliphatic rings. The second-order valence-electron chi connectivity index (χ2n) is 3.91. The molecule has 0 aromatic heterocycles. The van der Waals surface area contributed by atoms with Crippen LogP contribution in [0.3, 0.4) is 0 Å². The van der Waals surface area contributed by atoms with Crippen LogP contribution in [0.2, 0.25) is 5.02 Å². The molecule has 0 saturated carbocycles. The van der Waals surface area contributed by atoms with Gasteiger partial charge in [-0.3, -0.25) is 0 Å². The highest BCUT2D eigenvalue weighted by Crippen LogP contribution is 2.27. The predicted molar refractivity (Wildman–Crippen MR) is 75.5 cm³/mol. The van der Waals surface area contributed by atoms with Gasteiger partial charge in [0.2, 0.25) is 0 Å². The molecule has 0 heterocycles. The number of thioether (sulfide) groups is 1. The molecule has 1 N–H and O–H groups in total. The summed E-state index contributed by atoms with van der Waals surface area (Å²) in [5.41, 5.74) is 1.20. The molecule has 16 heavy (non-hydrogen) atoms. The fourth-order valence-electron chi connectivity index (χ4n) is 1.46. The Morgan fingerprint density at radius 2 is 2.06 bits per heavy atom. The summed E-state index contributed by atoms with van der Waals surface area (Å²) < 4.78 is 0. The van der Waals surface area contributed by atoms with Crippen LogP contribution in [0.4, 0.5) is 0 Å². The van der Waals surface area contributed by atoms with E-state index >= 15 is 0 Å². The molecule has 0 saturated heterocycles. The number of benzene rings is 1. The molecular formula is C13H20ClNS. The van der Waals surface area contributed by atoms with Crippen molar-refractivity contribution in [1.82, 2.24) is 5.32 Å². The molecule has 1 nitrogen and oxygen atoms in total. The van der Waals surface area contributed by atoms with Crippen molar-refractivity contribution in [2.24, 2.45) is 0 Å². The number of hydrogen-bond donors (Lipinski definition) is 1. The van der Waals surface area contributed by atoms with Crippen molar-refractivity contribution in [3.63, 3.8) is 0 Å². The topological polar surface area (TPSA) is 12.0 Å². The molecule has 0 bridgehead atoms. The number of hydrogen-bond acceptors (Lipinski definition) is 2. The Bertz CT molecular complexity index is 317. The van der Waals surface area contributed by atoms with E-state index in [1.807, 2.05) is 37.0 Å². The summed E-state index contributed by atoms with van der Waals surface area (Å²) in [7, 11) is 1.99. The third-order valence-corrected chi connectivity index (χ3v) is 4.52. The van der Waals surface area contributed by atoms with E-state index in [1.165, 1.54) is 12.0 Å². The molecule has 2 unspecified atom stereocenters. The SMILES string of the molecule is CCC(C)SCC(NC)c1ccccc1Cl. The summed E-state index contributed by atoms with van der Waals surface area (Å²) in [6.07, 6.45) is 1.21. The highest BCUT2D eigenvalue weighted by molar-refractivity contribution is 7.99. The summed E-state index contributed by atoms with van der Waals surface area (Å²) in [5, 5.41) is 4.89. The second-order valence-corrected chi connectivity index (χ2v) is 5.79. The van der Waals surface area contributed by atoms with Crippen LogP contribution in [-0.2, 0) is 0 Å². The maximum atomic E-state index is 6.20. The van der Waals surface area contributed by atoms with E-state index in [1.54, 1.807) is 0 Å². The highest BCUT2D eigenvalue weighted by atomic mass is 35.5. The Balaban J connectivity index is 2.64. The third-order valence-electron chi connectivity index (χ3n) is 2.75. The van der Waals surface area contributed by atoms with Crippen LogP contribution in [-0.4, -0.2) is 18.1 Å². The highest BCUT2D eigenvalue weighted by Gasteiger charge is 2.13. The minimum Gasteiger partial charge on any atom is -0.312 e. The first-order valence-corrected chi connectivity index (χ1v) is 7.15. The van der Waals surface area contributed by atoms with Crippen LogP contribution in [0.5, 0.6) is 0 Å². The Kier molecular flexibility index (Phi) is 6.25. The van der Waals surface area contributed by atoms with Crippen molar-refractivity contribution < 1.29 is 0 Å². The number of halogens is 1. The van der Waals surface area contributed by atoms with E-state index in [0.29, 0.717) is 11.3 Å². The largest absolute Gasteiger partial charge is 0.312 e. The molecule has 2 atom stereocenters. The lowest BCUT2D eigenvalue weighted by atomic mass is 10.1. The molecular weight excluding hydrogens is 238 g/mol. The van der Waals surface area contributed by atoms with Gasteiger partial charge in [0.1, 0.15) is 0 Å². The van der Waals surface area contributed by atoms with Gasteiger partial charge in [0.05, 0.1) is 0 Å². The molecule has 90 valence electrons. The lowest BCUT2D eigenvalue weighted by Gasteiger charge is -2.19. The Labute approximate surface area is 108 Å².